The van der Waals surface area contributed by atoms with E-state index in [1.807, 2.05) is 45.0 Å². The molecule has 0 fully saturated rings. The Kier molecular flexibility index (Phi) is 9.29. The molecule has 0 radical (unpaired) electrons. The predicted octanol–water partition coefficient (Wildman–Crippen LogP) is 5.04. The molecule has 2 aromatic rings. The lowest BCUT2D eigenvalue weighted by Gasteiger charge is -2.28. The first-order valence-corrected chi connectivity index (χ1v) is 12.4. The number of nitrogens with zero attached hydrogens (tertiary/aromatic N) is 1. The average Bonchev–Trinajstić information content (AvgIpc) is 3.15. The molecule has 0 bridgehead atoms. The molecule has 0 saturated heterocycles. The molecule has 3 rings (SSSR count). The van der Waals surface area contributed by atoms with Crippen LogP contribution in [0.15, 0.2) is 48.5 Å². The molecule has 1 atom stereocenters. The minimum Gasteiger partial charge on any atom is -0.481 e. The summed E-state index contributed by atoms with van der Waals surface area (Å²) < 4.78 is 5.65. The van der Waals surface area contributed by atoms with Crippen LogP contribution in [0.3, 0.4) is 0 Å². The van der Waals surface area contributed by atoms with Crippen molar-refractivity contribution in [2.75, 3.05) is 19.7 Å². The number of carbonyl (C=O) groups is 3. The van der Waals surface area contributed by atoms with Gasteiger partial charge in [-0.2, -0.15) is 0 Å². The molecule has 0 unspecified atom stereocenters. The van der Waals surface area contributed by atoms with Crippen LogP contribution in [0.25, 0.3) is 11.1 Å². The number of hydrogen-bond acceptors (Lipinski definition) is 4. The SMILES string of the molecule is CCN(CCCCC(=O)O)C(=O)[C@H](CC(C)C)NC(=O)OCC1c2ccccc2-c2ccccc21. The molecule has 2 aromatic carbocycles. The largest absolute Gasteiger partial charge is 0.481 e. The molecular formula is C28H36N2O5. The Morgan fingerprint density at radius 2 is 1.60 bits per heavy atom. The highest BCUT2D eigenvalue weighted by Gasteiger charge is 2.30. The normalized spacial score (nSPS) is 13.1. The van der Waals surface area contributed by atoms with Gasteiger partial charge in [-0.05, 0) is 54.4 Å². The van der Waals surface area contributed by atoms with Gasteiger partial charge < -0.3 is 20.1 Å². The molecule has 0 heterocycles. The molecule has 35 heavy (non-hydrogen) atoms. The van der Waals surface area contributed by atoms with Gasteiger partial charge in [0.25, 0.3) is 0 Å². The van der Waals surface area contributed by atoms with Gasteiger partial charge in [0.1, 0.15) is 12.6 Å². The van der Waals surface area contributed by atoms with Crippen molar-refractivity contribution >= 4 is 18.0 Å². The van der Waals surface area contributed by atoms with E-state index in [2.05, 4.69) is 29.6 Å². The lowest BCUT2D eigenvalue weighted by molar-refractivity contribution is -0.137. The monoisotopic (exact) mass is 480 g/mol. The highest BCUT2D eigenvalue weighted by molar-refractivity contribution is 5.86. The lowest BCUT2D eigenvalue weighted by Crippen LogP contribution is -2.49. The van der Waals surface area contributed by atoms with Gasteiger partial charge in [-0.15, -0.1) is 0 Å². The Morgan fingerprint density at radius 1 is 1.00 bits per heavy atom. The van der Waals surface area contributed by atoms with Gasteiger partial charge >= 0.3 is 12.1 Å². The molecule has 7 heteroatoms. The van der Waals surface area contributed by atoms with Crippen molar-refractivity contribution < 1.29 is 24.2 Å². The van der Waals surface area contributed by atoms with E-state index < -0.39 is 18.1 Å². The number of amides is 2. The molecule has 2 N–H and O–H groups in total. The number of unbranched alkanes of at least 4 members (excludes halogenated alkanes) is 1. The van der Waals surface area contributed by atoms with Crippen molar-refractivity contribution in [3.8, 4) is 11.1 Å². The molecule has 0 spiro atoms. The lowest BCUT2D eigenvalue weighted by atomic mass is 9.98. The van der Waals surface area contributed by atoms with Gasteiger partial charge in [-0.3, -0.25) is 9.59 Å². The van der Waals surface area contributed by atoms with Crippen LogP contribution >= 0.6 is 0 Å². The maximum absolute atomic E-state index is 13.2. The van der Waals surface area contributed by atoms with Crippen LogP contribution in [-0.2, 0) is 14.3 Å². The van der Waals surface area contributed by atoms with Crippen molar-refractivity contribution in [1.29, 1.82) is 0 Å². The predicted molar refractivity (Wildman–Crippen MR) is 135 cm³/mol. The summed E-state index contributed by atoms with van der Waals surface area (Å²) in [5, 5.41) is 11.6. The quantitative estimate of drug-likeness (QED) is 0.415. The van der Waals surface area contributed by atoms with Gasteiger partial charge in [-0.1, -0.05) is 62.4 Å². The summed E-state index contributed by atoms with van der Waals surface area (Å²) in [6, 6.07) is 15.6. The highest BCUT2D eigenvalue weighted by Crippen LogP contribution is 2.44. The van der Waals surface area contributed by atoms with E-state index in [-0.39, 0.29) is 30.8 Å². The number of ether oxygens (including phenoxy) is 1. The number of rotatable bonds is 12. The van der Waals surface area contributed by atoms with Crippen LogP contribution in [0.5, 0.6) is 0 Å². The van der Waals surface area contributed by atoms with E-state index in [1.54, 1.807) is 4.90 Å². The molecule has 7 nitrogen and oxygen atoms in total. The molecular weight excluding hydrogens is 444 g/mol. The van der Waals surface area contributed by atoms with Gasteiger partial charge in [-0.25, -0.2) is 4.79 Å². The van der Waals surface area contributed by atoms with Crippen LogP contribution in [0.2, 0.25) is 0 Å². The smallest absolute Gasteiger partial charge is 0.407 e. The second-order valence-corrected chi connectivity index (χ2v) is 9.42. The molecule has 188 valence electrons. The number of alkyl carbamates (subject to hydrolysis) is 1. The Balaban J connectivity index is 1.62. The van der Waals surface area contributed by atoms with Crippen molar-refractivity contribution in [2.24, 2.45) is 5.92 Å². The first-order chi connectivity index (χ1) is 16.8. The van der Waals surface area contributed by atoms with E-state index in [1.165, 1.54) is 0 Å². The van der Waals surface area contributed by atoms with E-state index in [4.69, 9.17) is 9.84 Å². The zero-order valence-corrected chi connectivity index (χ0v) is 20.8. The van der Waals surface area contributed by atoms with Crippen LogP contribution in [0, 0.1) is 5.92 Å². The van der Waals surface area contributed by atoms with Gasteiger partial charge in [0, 0.05) is 25.4 Å². The molecule has 1 aliphatic rings. The number of carboxylic acids is 1. The fourth-order valence-electron chi connectivity index (χ4n) is 4.70. The third-order valence-corrected chi connectivity index (χ3v) is 6.40. The highest BCUT2D eigenvalue weighted by atomic mass is 16.5. The number of fused-ring (bicyclic) bond motifs is 3. The Hall–Kier alpha value is -3.35. The van der Waals surface area contributed by atoms with E-state index in [0.29, 0.717) is 32.4 Å². The second kappa shape index (κ2) is 12.4. The summed E-state index contributed by atoms with van der Waals surface area (Å²) in [5.74, 6) is -0.851. The van der Waals surface area contributed by atoms with Crippen LogP contribution < -0.4 is 5.32 Å². The maximum atomic E-state index is 13.2. The third-order valence-electron chi connectivity index (χ3n) is 6.40. The summed E-state index contributed by atoms with van der Waals surface area (Å²) in [4.78, 5) is 38.4. The summed E-state index contributed by atoms with van der Waals surface area (Å²) in [6.45, 7) is 7.03. The molecule has 2 amide bonds. The van der Waals surface area contributed by atoms with E-state index >= 15 is 0 Å². The van der Waals surface area contributed by atoms with E-state index in [0.717, 1.165) is 22.3 Å². The molecule has 1 aliphatic carbocycles. The van der Waals surface area contributed by atoms with Crippen molar-refractivity contribution in [3.05, 3.63) is 59.7 Å². The number of carbonyl (C=O) groups excluding carboxylic acids is 2. The summed E-state index contributed by atoms with van der Waals surface area (Å²) in [7, 11) is 0. The maximum Gasteiger partial charge on any atom is 0.407 e. The Labute approximate surface area is 207 Å². The zero-order valence-electron chi connectivity index (χ0n) is 20.8. The van der Waals surface area contributed by atoms with Crippen LogP contribution in [0.4, 0.5) is 4.79 Å². The second-order valence-electron chi connectivity index (χ2n) is 9.42. The number of carboxylic acid groups (broad SMARTS) is 1. The number of benzene rings is 2. The molecule has 0 saturated carbocycles. The topological polar surface area (TPSA) is 95.9 Å². The fraction of sp³-hybridized carbons (Fsp3) is 0.464. The fourth-order valence-corrected chi connectivity index (χ4v) is 4.70. The summed E-state index contributed by atoms with van der Waals surface area (Å²) >= 11 is 0. The van der Waals surface area contributed by atoms with Crippen molar-refractivity contribution in [2.45, 2.75) is 58.4 Å². The standard InChI is InChI=1S/C28H36N2O5/c1-4-30(16-10-9-15-26(31)32)27(33)25(17-19(2)3)29-28(34)35-18-24-22-13-7-5-11-20(22)21-12-6-8-14-23(21)24/h5-8,11-14,19,24-25H,4,9-10,15-18H2,1-3H3,(H,29,34)(H,31,32)/t25-/m0/s1. The number of aliphatic carboxylic acids is 1. The molecule has 0 aliphatic heterocycles. The summed E-state index contributed by atoms with van der Waals surface area (Å²) in [5.41, 5.74) is 4.59. The van der Waals surface area contributed by atoms with Crippen LogP contribution in [0.1, 0.15) is 63.5 Å². The minimum atomic E-state index is -0.839. The first kappa shape index (κ1) is 26.3. The van der Waals surface area contributed by atoms with Crippen LogP contribution in [-0.4, -0.2) is 53.7 Å². The number of hydrogen-bond donors (Lipinski definition) is 2. The number of likely N-dealkylation sites (N-methyl/N-ethyl adjacent to an activating group) is 1. The Bertz CT molecular complexity index is 990. The zero-order chi connectivity index (χ0) is 25.4. The molecule has 0 aromatic heterocycles. The third kappa shape index (κ3) is 6.84. The van der Waals surface area contributed by atoms with Crippen molar-refractivity contribution in [1.82, 2.24) is 10.2 Å². The van der Waals surface area contributed by atoms with Gasteiger partial charge in [0.15, 0.2) is 0 Å². The average molecular weight is 481 g/mol. The van der Waals surface area contributed by atoms with Crippen molar-refractivity contribution in [3.63, 3.8) is 0 Å². The van der Waals surface area contributed by atoms with Gasteiger partial charge in [0.2, 0.25) is 5.91 Å². The van der Waals surface area contributed by atoms with E-state index in [9.17, 15) is 14.4 Å². The first-order valence-electron chi connectivity index (χ1n) is 12.4. The summed E-state index contributed by atoms with van der Waals surface area (Å²) in [6.07, 6.45) is 1.08. The Morgan fingerprint density at radius 3 is 2.14 bits per heavy atom. The number of nitrogens with one attached hydrogen (secondary N) is 1. The minimum absolute atomic E-state index is 0.0474. The van der Waals surface area contributed by atoms with Gasteiger partial charge in [0.05, 0.1) is 0 Å².